The first-order chi connectivity index (χ1) is 18.2. The molecule has 0 saturated carbocycles. The summed E-state index contributed by atoms with van der Waals surface area (Å²) in [5.74, 6) is -9.64. The van der Waals surface area contributed by atoms with E-state index in [0.29, 0.717) is 0 Å². The molecule has 198 valence electrons. The van der Waals surface area contributed by atoms with Crippen molar-refractivity contribution in [2.75, 3.05) is 6.61 Å². The molecule has 2 aromatic carbocycles. The van der Waals surface area contributed by atoms with Gasteiger partial charge in [-0.3, -0.25) is 4.79 Å². The van der Waals surface area contributed by atoms with Crippen molar-refractivity contribution in [3.8, 4) is 29.2 Å². The van der Waals surface area contributed by atoms with Gasteiger partial charge in [-0.2, -0.15) is 23.4 Å². The second-order valence-electron chi connectivity index (χ2n) is 7.68. The Morgan fingerprint density at radius 1 is 1.08 bits per heavy atom. The van der Waals surface area contributed by atoms with Crippen LogP contribution in [0.15, 0.2) is 48.5 Å². The number of halogens is 3. The Kier molecular flexibility index (Phi) is 9.48. The molecular weight excluding hydrogens is 507 g/mol. The van der Waals surface area contributed by atoms with Crippen molar-refractivity contribution >= 4 is 11.9 Å². The number of esters is 1. The first-order valence-electron chi connectivity index (χ1n) is 11.3. The number of benzene rings is 2. The Balaban J connectivity index is 1.95. The van der Waals surface area contributed by atoms with Gasteiger partial charge >= 0.3 is 5.97 Å². The molecule has 0 fully saturated rings. The number of nitrogens with two attached hydrogens (primary N) is 1. The molecule has 12 heteroatoms. The van der Waals surface area contributed by atoms with Gasteiger partial charge in [0.25, 0.3) is 11.8 Å². The fourth-order valence-corrected chi connectivity index (χ4v) is 3.14. The van der Waals surface area contributed by atoms with E-state index < -0.39 is 53.6 Å². The maximum atomic E-state index is 15.3. The summed E-state index contributed by atoms with van der Waals surface area (Å²) in [7, 11) is 0. The van der Waals surface area contributed by atoms with Crippen LogP contribution in [0.1, 0.15) is 30.9 Å². The van der Waals surface area contributed by atoms with Crippen molar-refractivity contribution in [3.63, 3.8) is 0 Å². The molecule has 2 N–H and O–H groups in total. The zero-order valence-corrected chi connectivity index (χ0v) is 20.1. The lowest BCUT2D eigenvalue weighted by Crippen LogP contribution is -2.31. The van der Waals surface area contributed by atoms with Gasteiger partial charge < -0.3 is 24.7 Å². The van der Waals surface area contributed by atoms with Crippen LogP contribution < -0.4 is 19.9 Å². The minimum absolute atomic E-state index is 0.0483. The second-order valence-corrected chi connectivity index (χ2v) is 7.68. The fourth-order valence-electron chi connectivity index (χ4n) is 3.14. The van der Waals surface area contributed by atoms with E-state index in [4.69, 9.17) is 24.7 Å². The number of hydrogen-bond acceptors (Lipinski definition) is 8. The summed E-state index contributed by atoms with van der Waals surface area (Å²) in [6.07, 6.45) is -2.46. The predicted molar refractivity (Wildman–Crippen MR) is 126 cm³/mol. The van der Waals surface area contributed by atoms with Gasteiger partial charge in [0.05, 0.1) is 18.2 Å². The molecule has 1 aromatic heterocycles. The molecule has 0 spiro atoms. The summed E-state index contributed by atoms with van der Waals surface area (Å²) < 4.78 is 65.2. The zero-order valence-electron chi connectivity index (χ0n) is 20.1. The maximum absolute atomic E-state index is 15.3. The molecule has 1 unspecified atom stereocenters. The summed E-state index contributed by atoms with van der Waals surface area (Å²) >= 11 is 0. The van der Waals surface area contributed by atoms with E-state index in [1.807, 2.05) is 12.1 Å². The first-order valence-corrected chi connectivity index (χ1v) is 11.3. The van der Waals surface area contributed by atoms with E-state index in [1.54, 1.807) is 24.3 Å². The lowest BCUT2D eigenvalue weighted by Gasteiger charge is -2.19. The van der Waals surface area contributed by atoms with E-state index in [0.717, 1.165) is 5.56 Å². The van der Waals surface area contributed by atoms with Crippen LogP contribution in [0.2, 0.25) is 0 Å². The van der Waals surface area contributed by atoms with Crippen LogP contribution in [0.3, 0.4) is 0 Å². The Bertz CT molecular complexity index is 1350. The monoisotopic (exact) mass is 529 g/mol. The number of rotatable bonds is 12. The number of ether oxygens (including phenoxy) is 4. The SMILES string of the molecule is CCOC(=O)C(CCC(N)=O)Oc1c(F)c(F)nc(Oc2cc(C#N)ccc2OCc2ccccc2)c1F. The number of carbonyl (C=O) groups is 2. The minimum atomic E-state index is -1.84. The average Bonchev–Trinajstić information content (AvgIpc) is 2.91. The molecule has 1 atom stereocenters. The van der Waals surface area contributed by atoms with Gasteiger partial charge in [-0.15, -0.1) is 0 Å². The van der Waals surface area contributed by atoms with Crippen LogP contribution in [-0.4, -0.2) is 29.6 Å². The maximum Gasteiger partial charge on any atom is 0.347 e. The fraction of sp³-hybridized carbons (Fsp3) is 0.231. The summed E-state index contributed by atoms with van der Waals surface area (Å²) in [5.41, 5.74) is 5.97. The molecular formula is C26H22F3N3O6. The van der Waals surface area contributed by atoms with Crippen LogP contribution in [-0.2, 0) is 20.9 Å². The summed E-state index contributed by atoms with van der Waals surface area (Å²) in [6.45, 7) is 1.46. The highest BCUT2D eigenvalue weighted by Crippen LogP contribution is 2.37. The standard InChI is InChI=1S/C26H22F3N3O6/c1-2-35-26(34)18(10-11-20(31)33)37-23-21(27)24(29)32-25(22(23)28)38-19-12-16(13-30)8-9-17(19)36-14-15-6-4-3-5-7-15/h3-9,12,18H,2,10-11,14H2,1H3,(H2,31,33). The molecule has 0 aliphatic carbocycles. The summed E-state index contributed by atoms with van der Waals surface area (Å²) in [4.78, 5) is 26.5. The Morgan fingerprint density at radius 2 is 1.82 bits per heavy atom. The molecule has 1 amide bonds. The number of nitriles is 1. The third-order valence-corrected chi connectivity index (χ3v) is 4.95. The Labute approximate surface area is 215 Å². The average molecular weight is 529 g/mol. The topological polar surface area (TPSA) is 134 Å². The number of primary amides is 1. The number of hydrogen-bond donors (Lipinski definition) is 1. The molecule has 38 heavy (non-hydrogen) atoms. The number of aromatic nitrogens is 1. The van der Waals surface area contributed by atoms with Gasteiger partial charge in [0, 0.05) is 18.9 Å². The van der Waals surface area contributed by atoms with Crippen molar-refractivity contribution in [3.05, 3.63) is 77.2 Å². The van der Waals surface area contributed by atoms with Crippen LogP contribution >= 0.6 is 0 Å². The molecule has 0 aliphatic rings. The molecule has 0 radical (unpaired) electrons. The molecule has 1 heterocycles. The third-order valence-electron chi connectivity index (χ3n) is 4.95. The Morgan fingerprint density at radius 3 is 2.47 bits per heavy atom. The lowest BCUT2D eigenvalue weighted by atomic mass is 10.2. The smallest absolute Gasteiger partial charge is 0.347 e. The number of carbonyl (C=O) groups excluding carboxylic acids is 2. The van der Waals surface area contributed by atoms with Crippen molar-refractivity contribution in [2.24, 2.45) is 5.73 Å². The van der Waals surface area contributed by atoms with Gasteiger partial charge in [-0.25, -0.2) is 4.79 Å². The van der Waals surface area contributed by atoms with Crippen molar-refractivity contribution < 1.29 is 41.7 Å². The van der Waals surface area contributed by atoms with Crippen molar-refractivity contribution in [1.29, 1.82) is 5.26 Å². The quantitative estimate of drug-likeness (QED) is 0.271. The van der Waals surface area contributed by atoms with E-state index >= 15 is 4.39 Å². The largest absolute Gasteiger partial charge is 0.485 e. The van der Waals surface area contributed by atoms with Crippen molar-refractivity contribution in [1.82, 2.24) is 4.98 Å². The van der Waals surface area contributed by atoms with E-state index in [2.05, 4.69) is 4.98 Å². The highest BCUT2D eigenvalue weighted by atomic mass is 19.2. The minimum Gasteiger partial charge on any atom is -0.485 e. The summed E-state index contributed by atoms with van der Waals surface area (Å²) in [6, 6.07) is 14.9. The second kappa shape index (κ2) is 13.0. The summed E-state index contributed by atoms with van der Waals surface area (Å²) in [5, 5.41) is 9.25. The van der Waals surface area contributed by atoms with Crippen LogP contribution in [0.25, 0.3) is 0 Å². The number of amides is 1. The highest BCUT2D eigenvalue weighted by molar-refractivity contribution is 5.78. The van der Waals surface area contributed by atoms with E-state index in [9.17, 15) is 23.6 Å². The highest BCUT2D eigenvalue weighted by Gasteiger charge is 2.30. The van der Waals surface area contributed by atoms with E-state index in [-0.39, 0.29) is 36.7 Å². The lowest BCUT2D eigenvalue weighted by molar-refractivity contribution is -0.152. The molecule has 9 nitrogen and oxygen atoms in total. The predicted octanol–water partition coefficient (Wildman–Crippen LogP) is 4.32. The molecule has 3 rings (SSSR count). The van der Waals surface area contributed by atoms with Crippen LogP contribution in [0.5, 0.6) is 23.1 Å². The van der Waals surface area contributed by atoms with Crippen molar-refractivity contribution in [2.45, 2.75) is 32.5 Å². The normalized spacial score (nSPS) is 11.2. The molecule has 0 aliphatic heterocycles. The third kappa shape index (κ3) is 7.13. The number of pyridine rings is 1. The van der Waals surface area contributed by atoms with E-state index in [1.165, 1.54) is 25.1 Å². The van der Waals surface area contributed by atoms with Crippen LogP contribution in [0, 0.1) is 28.9 Å². The van der Waals surface area contributed by atoms with Gasteiger partial charge in [0.1, 0.15) is 6.61 Å². The van der Waals surface area contributed by atoms with Gasteiger partial charge in [0.2, 0.25) is 23.3 Å². The van der Waals surface area contributed by atoms with Crippen LogP contribution in [0.4, 0.5) is 13.2 Å². The van der Waals surface area contributed by atoms with Gasteiger partial charge in [-0.1, -0.05) is 30.3 Å². The molecule has 0 bridgehead atoms. The number of nitrogens with zero attached hydrogens (tertiary/aromatic N) is 2. The zero-order chi connectivity index (χ0) is 27.7. The van der Waals surface area contributed by atoms with Gasteiger partial charge in [-0.05, 0) is 24.6 Å². The molecule has 0 saturated heterocycles. The molecule has 3 aromatic rings. The Hall–Kier alpha value is -4.79. The van der Waals surface area contributed by atoms with Gasteiger partial charge in [0.15, 0.2) is 17.6 Å². The first kappa shape index (κ1) is 27.8.